The van der Waals surface area contributed by atoms with Crippen LogP contribution in [0.2, 0.25) is 0 Å². The summed E-state index contributed by atoms with van der Waals surface area (Å²) in [4.78, 5) is 0.129. The fourth-order valence-corrected chi connectivity index (χ4v) is 1.26. The summed E-state index contributed by atoms with van der Waals surface area (Å²) < 4.78 is 0. The van der Waals surface area contributed by atoms with Crippen LogP contribution in [0.25, 0.3) is 0 Å². The lowest BCUT2D eigenvalue weighted by Crippen LogP contribution is -2.38. The molecule has 0 heterocycles. The number of nitrogens with one attached hydrogen (secondary N) is 1. The third-order valence-electron chi connectivity index (χ3n) is 2.05. The van der Waals surface area contributed by atoms with E-state index in [0.717, 1.165) is 25.9 Å². The minimum Gasteiger partial charge on any atom is -0.737 e. The van der Waals surface area contributed by atoms with Crippen LogP contribution in [-0.4, -0.2) is 35.7 Å². The van der Waals surface area contributed by atoms with E-state index in [-0.39, 0.29) is 11.0 Å². The first kappa shape index (κ1) is 14.0. The van der Waals surface area contributed by atoms with Gasteiger partial charge in [-0.3, -0.25) is 0 Å². The van der Waals surface area contributed by atoms with Gasteiger partial charge in [0.25, 0.3) is 0 Å². The molecule has 6 nitrogen and oxygen atoms in total. The first-order valence-corrected chi connectivity index (χ1v) is 5.41. The Kier molecular flexibility index (Phi) is 7.71. The SMILES string of the molecule is CCCNCCCN(C(C)C)/[N+]([O-])=N/[O-]. The van der Waals surface area contributed by atoms with Crippen LogP contribution in [0.3, 0.4) is 0 Å². The van der Waals surface area contributed by atoms with Crippen LogP contribution in [0, 0.1) is 10.4 Å². The number of hydrogen-bond donors (Lipinski definition) is 1. The highest BCUT2D eigenvalue weighted by Crippen LogP contribution is 2.00. The third-order valence-corrected chi connectivity index (χ3v) is 2.05. The average Bonchev–Trinajstić information content (AvgIpc) is 2.22. The van der Waals surface area contributed by atoms with E-state index in [4.69, 9.17) is 0 Å². The molecule has 0 aliphatic heterocycles. The summed E-state index contributed by atoms with van der Waals surface area (Å²) in [5, 5.41) is 28.1. The predicted octanol–water partition coefficient (Wildman–Crippen LogP) is 1.46. The Bertz CT molecular complexity index is 185. The van der Waals surface area contributed by atoms with Crippen molar-refractivity contribution in [2.24, 2.45) is 5.28 Å². The van der Waals surface area contributed by atoms with E-state index in [1.807, 2.05) is 13.8 Å². The number of nitrogens with zero attached hydrogens (tertiary/aromatic N) is 3. The molecule has 0 aromatic carbocycles. The predicted molar refractivity (Wildman–Crippen MR) is 59.0 cm³/mol. The summed E-state index contributed by atoms with van der Waals surface area (Å²) in [7, 11) is 0. The Hall–Kier alpha value is -1.04. The molecule has 0 aliphatic carbocycles. The maximum atomic E-state index is 11.0. The van der Waals surface area contributed by atoms with Crippen LogP contribution in [0.4, 0.5) is 0 Å². The first-order valence-electron chi connectivity index (χ1n) is 5.41. The molecule has 0 aromatic rings. The van der Waals surface area contributed by atoms with Crippen LogP contribution in [0.15, 0.2) is 5.28 Å². The number of hydrogen-bond acceptors (Lipinski definition) is 4. The van der Waals surface area contributed by atoms with Gasteiger partial charge in [0.2, 0.25) is 0 Å². The summed E-state index contributed by atoms with van der Waals surface area (Å²) in [6, 6.07) is -0.00799. The molecule has 0 radical (unpaired) electrons. The fraction of sp³-hybridized carbons (Fsp3) is 1.00. The van der Waals surface area contributed by atoms with E-state index in [9.17, 15) is 10.4 Å². The van der Waals surface area contributed by atoms with E-state index < -0.39 is 0 Å². The molecule has 0 saturated heterocycles. The van der Waals surface area contributed by atoms with Crippen molar-refractivity contribution in [3.8, 4) is 0 Å². The van der Waals surface area contributed by atoms with Crippen molar-refractivity contribution in [3.05, 3.63) is 10.4 Å². The van der Waals surface area contributed by atoms with E-state index in [2.05, 4.69) is 17.5 Å². The zero-order valence-corrected chi connectivity index (χ0v) is 9.77. The van der Waals surface area contributed by atoms with Gasteiger partial charge in [0, 0.05) is 4.97 Å². The summed E-state index contributed by atoms with van der Waals surface area (Å²) >= 11 is 0. The maximum Gasteiger partial charge on any atom is 0.0820 e. The Labute approximate surface area is 91.1 Å². The Morgan fingerprint density at radius 2 is 2.07 bits per heavy atom. The number of hydrazine groups is 1. The summed E-state index contributed by atoms with van der Waals surface area (Å²) in [5.74, 6) is 0. The van der Waals surface area contributed by atoms with Gasteiger partial charge in [0.1, 0.15) is 0 Å². The van der Waals surface area contributed by atoms with Gasteiger partial charge >= 0.3 is 0 Å². The molecule has 0 aromatic heterocycles. The molecule has 0 amide bonds. The van der Waals surface area contributed by atoms with E-state index >= 15 is 0 Å². The first-order chi connectivity index (χ1) is 7.13. The molecule has 0 saturated carbocycles. The molecule has 15 heavy (non-hydrogen) atoms. The standard InChI is InChI=1S/C9H22N4O2/c1-4-6-10-7-5-8-12(9(2)3)13(15)11-14/h9-10,14H,4-8H2,1-3H3/p-1/b13-11-. The second kappa shape index (κ2) is 8.28. The Balaban J connectivity index is 3.78. The van der Waals surface area contributed by atoms with Crippen molar-refractivity contribution in [2.45, 2.75) is 39.7 Å². The minimum absolute atomic E-state index is 0.00799. The summed E-state index contributed by atoms with van der Waals surface area (Å²) in [5.41, 5.74) is 0. The van der Waals surface area contributed by atoms with Crippen molar-refractivity contribution < 1.29 is 4.97 Å². The maximum absolute atomic E-state index is 11.0. The van der Waals surface area contributed by atoms with Gasteiger partial charge in [0.15, 0.2) is 0 Å². The normalized spacial score (nSPS) is 12.1. The van der Waals surface area contributed by atoms with Gasteiger partial charge in [-0.05, 0) is 45.1 Å². The number of rotatable bonds is 8. The monoisotopic (exact) mass is 217 g/mol. The quantitative estimate of drug-likeness (QED) is 0.289. The minimum atomic E-state index is -0.00799. The Morgan fingerprint density at radius 1 is 1.40 bits per heavy atom. The molecule has 1 N–H and O–H groups in total. The summed E-state index contributed by atoms with van der Waals surface area (Å²) in [6.07, 6.45) is 1.92. The molecular formula is C9H21N4O2-. The van der Waals surface area contributed by atoms with Crippen molar-refractivity contribution >= 4 is 0 Å². The van der Waals surface area contributed by atoms with Gasteiger partial charge < -0.3 is 15.7 Å². The smallest absolute Gasteiger partial charge is 0.0820 e. The lowest BCUT2D eigenvalue weighted by molar-refractivity contribution is -0.697. The molecule has 0 bridgehead atoms. The highest BCUT2D eigenvalue weighted by atomic mass is 16.6. The van der Waals surface area contributed by atoms with Gasteiger partial charge in [0.05, 0.1) is 12.6 Å². The zero-order chi connectivity index (χ0) is 11.7. The van der Waals surface area contributed by atoms with Crippen LogP contribution in [-0.2, 0) is 0 Å². The lowest BCUT2D eigenvalue weighted by atomic mass is 10.3. The summed E-state index contributed by atoms with van der Waals surface area (Å²) in [6.45, 7) is 8.19. The molecule has 6 heteroatoms. The molecule has 0 atom stereocenters. The molecule has 0 rings (SSSR count). The Morgan fingerprint density at radius 3 is 2.53 bits per heavy atom. The van der Waals surface area contributed by atoms with Crippen LogP contribution < -0.4 is 5.32 Å². The zero-order valence-electron chi connectivity index (χ0n) is 9.77. The lowest BCUT2D eigenvalue weighted by Gasteiger charge is -2.22. The van der Waals surface area contributed by atoms with Gasteiger partial charge in [-0.25, -0.2) is 0 Å². The molecule has 0 aliphatic rings. The van der Waals surface area contributed by atoms with Crippen molar-refractivity contribution in [1.82, 2.24) is 10.3 Å². The van der Waals surface area contributed by atoms with Crippen molar-refractivity contribution in [3.63, 3.8) is 0 Å². The van der Waals surface area contributed by atoms with Gasteiger partial charge in [-0.1, -0.05) is 6.92 Å². The van der Waals surface area contributed by atoms with E-state index in [1.54, 1.807) is 0 Å². The molecule has 0 unspecified atom stereocenters. The molecule has 90 valence electrons. The molecule has 0 spiro atoms. The van der Waals surface area contributed by atoms with Crippen LogP contribution >= 0.6 is 0 Å². The topological polar surface area (TPSA) is 76.8 Å². The van der Waals surface area contributed by atoms with Gasteiger partial charge in [-0.2, -0.15) is 0 Å². The van der Waals surface area contributed by atoms with Gasteiger partial charge in [-0.15, -0.1) is 5.01 Å². The molecule has 0 fully saturated rings. The second-order valence-corrected chi connectivity index (χ2v) is 3.69. The van der Waals surface area contributed by atoms with E-state index in [1.165, 1.54) is 5.01 Å². The van der Waals surface area contributed by atoms with E-state index in [0.29, 0.717) is 6.54 Å². The highest BCUT2D eigenvalue weighted by molar-refractivity contribution is 4.54. The van der Waals surface area contributed by atoms with Crippen LogP contribution in [0.5, 0.6) is 0 Å². The fourth-order valence-electron chi connectivity index (χ4n) is 1.26. The van der Waals surface area contributed by atoms with Crippen LogP contribution in [0.1, 0.15) is 33.6 Å². The average molecular weight is 217 g/mol. The van der Waals surface area contributed by atoms with Crippen molar-refractivity contribution in [2.75, 3.05) is 19.6 Å². The largest absolute Gasteiger partial charge is 0.737 e. The van der Waals surface area contributed by atoms with Crippen molar-refractivity contribution in [1.29, 1.82) is 0 Å². The molecular weight excluding hydrogens is 196 g/mol. The highest BCUT2D eigenvalue weighted by Gasteiger charge is 2.14. The third kappa shape index (κ3) is 6.11. The second-order valence-electron chi connectivity index (χ2n) is 3.69.